The third-order valence-corrected chi connectivity index (χ3v) is 5.47. The molecule has 2 aromatic carbocycles. The highest BCUT2D eigenvalue weighted by Crippen LogP contribution is 2.21. The van der Waals surface area contributed by atoms with Crippen molar-refractivity contribution in [3.63, 3.8) is 0 Å². The lowest BCUT2D eigenvalue weighted by Crippen LogP contribution is -2.49. The molecule has 1 amide bonds. The summed E-state index contributed by atoms with van der Waals surface area (Å²) >= 11 is 0. The highest BCUT2D eigenvalue weighted by molar-refractivity contribution is 5.94. The highest BCUT2D eigenvalue weighted by atomic mass is 16.5. The largest absolute Gasteiger partial charge is 0.457 e. The molecular formula is C24H28N4O2. The number of nitrogens with zero attached hydrogens (tertiary/aromatic N) is 4. The second kappa shape index (κ2) is 9.13. The summed E-state index contributed by atoms with van der Waals surface area (Å²) in [7, 11) is 0. The van der Waals surface area contributed by atoms with Gasteiger partial charge in [0.05, 0.1) is 12.2 Å². The zero-order valence-electron chi connectivity index (χ0n) is 17.6. The Morgan fingerprint density at radius 3 is 2.20 bits per heavy atom. The van der Waals surface area contributed by atoms with Gasteiger partial charge in [-0.25, -0.2) is 0 Å². The summed E-state index contributed by atoms with van der Waals surface area (Å²) in [5, 5.41) is 4.53. The molecular weight excluding hydrogens is 376 g/mol. The molecule has 0 unspecified atom stereocenters. The molecule has 0 radical (unpaired) electrons. The third-order valence-electron chi connectivity index (χ3n) is 5.47. The minimum Gasteiger partial charge on any atom is -0.457 e. The molecule has 156 valence electrons. The van der Waals surface area contributed by atoms with Crippen LogP contribution in [0.4, 0.5) is 0 Å². The van der Waals surface area contributed by atoms with Crippen molar-refractivity contribution < 1.29 is 9.53 Å². The van der Waals surface area contributed by atoms with E-state index in [1.54, 1.807) is 0 Å². The van der Waals surface area contributed by atoms with Gasteiger partial charge in [0.25, 0.3) is 5.91 Å². The number of piperazine rings is 1. The zero-order chi connectivity index (χ0) is 20.9. The molecule has 0 spiro atoms. The summed E-state index contributed by atoms with van der Waals surface area (Å²) in [5.74, 6) is 1.60. The molecule has 0 aliphatic carbocycles. The molecule has 1 aliphatic heterocycles. The van der Waals surface area contributed by atoms with Crippen LogP contribution in [0.3, 0.4) is 0 Å². The van der Waals surface area contributed by atoms with Crippen molar-refractivity contribution in [2.24, 2.45) is 0 Å². The number of aromatic nitrogens is 2. The van der Waals surface area contributed by atoms with Gasteiger partial charge in [0.1, 0.15) is 11.5 Å². The van der Waals surface area contributed by atoms with E-state index >= 15 is 0 Å². The third kappa shape index (κ3) is 4.89. The Hall–Kier alpha value is -3.12. The fourth-order valence-corrected chi connectivity index (χ4v) is 3.78. The van der Waals surface area contributed by atoms with E-state index in [2.05, 4.69) is 27.7 Å². The first-order chi connectivity index (χ1) is 14.6. The zero-order valence-corrected chi connectivity index (χ0v) is 17.6. The molecule has 1 saturated heterocycles. The van der Waals surface area contributed by atoms with Crippen LogP contribution in [-0.4, -0.2) is 58.2 Å². The lowest BCUT2D eigenvalue weighted by molar-refractivity contribution is 0.0631. The van der Waals surface area contributed by atoms with Gasteiger partial charge < -0.3 is 9.64 Å². The molecule has 0 N–H and O–H groups in total. The molecule has 6 heteroatoms. The Bertz CT molecular complexity index is 974. The van der Waals surface area contributed by atoms with E-state index in [0.717, 1.165) is 56.5 Å². The predicted molar refractivity (Wildman–Crippen MR) is 117 cm³/mol. The fourth-order valence-electron chi connectivity index (χ4n) is 3.78. The predicted octanol–water partition coefficient (Wildman–Crippen LogP) is 3.75. The van der Waals surface area contributed by atoms with E-state index in [0.29, 0.717) is 5.56 Å². The number of benzene rings is 2. The molecule has 30 heavy (non-hydrogen) atoms. The number of aryl methyl sites for hydroxylation is 2. The van der Waals surface area contributed by atoms with Crippen LogP contribution in [-0.2, 0) is 6.54 Å². The van der Waals surface area contributed by atoms with Crippen molar-refractivity contribution in [3.8, 4) is 11.5 Å². The van der Waals surface area contributed by atoms with E-state index < -0.39 is 0 Å². The first-order valence-electron chi connectivity index (χ1n) is 10.4. The van der Waals surface area contributed by atoms with Crippen molar-refractivity contribution in [3.05, 3.63) is 77.6 Å². The molecule has 0 saturated carbocycles. The SMILES string of the molecule is Cc1cc(C)n(CCN2CCN(C(=O)c3ccc(Oc4ccccc4)cc3)CC2)n1. The van der Waals surface area contributed by atoms with Gasteiger partial charge >= 0.3 is 0 Å². The van der Waals surface area contributed by atoms with Gasteiger partial charge in [-0.05, 0) is 56.3 Å². The number of hydrogen-bond acceptors (Lipinski definition) is 4. The number of amides is 1. The first-order valence-corrected chi connectivity index (χ1v) is 10.4. The smallest absolute Gasteiger partial charge is 0.253 e. The van der Waals surface area contributed by atoms with Crippen molar-refractivity contribution in [2.45, 2.75) is 20.4 Å². The standard InChI is InChI=1S/C24H28N4O2/c1-19-18-20(2)28(25-19)17-14-26-12-15-27(16-13-26)24(29)21-8-10-23(11-9-21)30-22-6-4-3-5-7-22/h3-11,18H,12-17H2,1-2H3. The molecule has 6 nitrogen and oxygen atoms in total. The van der Waals surface area contributed by atoms with E-state index in [1.165, 1.54) is 5.69 Å². The minimum atomic E-state index is 0.0828. The maximum absolute atomic E-state index is 12.9. The van der Waals surface area contributed by atoms with Crippen molar-refractivity contribution in [2.75, 3.05) is 32.7 Å². The van der Waals surface area contributed by atoms with E-state index in [9.17, 15) is 4.79 Å². The van der Waals surface area contributed by atoms with Crippen LogP contribution in [0.2, 0.25) is 0 Å². The van der Waals surface area contributed by atoms with E-state index in [4.69, 9.17) is 4.74 Å². The van der Waals surface area contributed by atoms with Crippen molar-refractivity contribution >= 4 is 5.91 Å². The summed E-state index contributed by atoms with van der Waals surface area (Å²) in [6.45, 7) is 9.23. The molecule has 1 aliphatic rings. The van der Waals surface area contributed by atoms with Crippen LogP contribution in [0.5, 0.6) is 11.5 Å². The second-order valence-corrected chi connectivity index (χ2v) is 7.72. The average molecular weight is 405 g/mol. The van der Waals surface area contributed by atoms with Gasteiger partial charge in [0.15, 0.2) is 0 Å². The Labute approximate surface area is 177 Å². The molecule has 3 aromatic rings. The summed E-state index contributed by atoms with van der Waals surface area (Å²) in [6, 6.07) is 19.1. The van der Waals surface area contributed by atoms with Crippen LogP contribution in [0.25, 0.3) is 0 Å². The Morgan fingerprint density at radius 2 is 1.57 bits per heavy atom. The Morgan fingerprint density at radius 1 is 0.900 bits per heavy atom. The number of hydrogen-bond donors (Lipinski definition) is 0. The van der Waals surface area contributed by atoms with Crippen molar-refractivity contribution in [1.82, 2.24) is 19.6 Å². The summed E-state index contributed by atoms with van der Waals surface area (Å²) in [4.78, 5) is 17.2. The van der Waals surface area contributed by atoms with Crippen LogP contribution < -0.4 is 4.74 Å². The van der Waals surface area contributed by atoms with E-state index in [-0.39, 0.29) is 5.91 Å². The van der Waals surface area contributed by atoms with Gasteiger partial charge in [0.2, 0.25) is 0 Å². The van der Waals surface area contributed by atoms with Gasteiger partial charge in [-0.3, -0.25) is 14.4 Å². The first kappa shape index (κ1) is 20.2. The van der Waals surface area contributed by atoms with Crippen LogP contribution in [0.15, 0.2) is 60.7 Å². The summed E-state index contributed by atoms with van der Waals surface area (Å²) in [6.07, 6.45) is 0. The summed E-state index contributed by atoms with van der Waals surface area (Å²) in [5.41, 5.74) is 2.95. The fraction of sp³-hybridized carbons (Fsp3) is 0.333. The van der Waals surface area contributed by atoms with Crippen LogP contribution in [0, 0.1) is 13.8 Å². The van der Waals surface area contributed by atoms with Gasteiger partial charge in [0, 0.05) is 44.0 Å². The number of carbonyl (C=O) groups excluding carboxylic acids is 1. The number of ether oxygens (including phenoxy) is 1. The number of carbonyl (C=O) groups is 1. The molecule has 2 heterocycles. The molecule has 0 atom stereocenters. The normalized spacial score (nSPS) is 14.7. The van der Waals surface area contributed by atoms with Gasteiger partial charge in [-0.2, -0.15) is 5.10 Å². The minimum absolute atomic E-state index is 0.0828. The van der Waals surface area contributed by atoms with E-state index in [1.807, 2.05) is 66.4 Å². The highest BCUT2D eigenvalue weighted by Gasteiger charge is 2.22. The number of rotatable bonds is 6. The van der Waals surface area contributed by atoms with Gasteiger partial charge in [-0.15, -0.1) is 0 Å². The average Bonchev–Trinajstić information content (AvgIpc) is 3.10. The quantitative estimate of drug-likeness (QED) is 0.628. The maximum Gasteiger partial charge on any atom is 0.253 e. The lowest BCUT2D eigenvalue weighted by atomic mass is 10.1. The lowest BCUT2D eigenvalue weighted by Gasteiger charge is -2.34. The molecule has 4 rings (SSSR count). The Balaban J connectivity index is 1.27. The van der Waals surface area contributed by atoms with Gasteiger partial charge in [-0.1, -0.05) is 18.2 Å². The maximum atomic E-state index is 12.9. The van der Waals surface area contributed by atoms with Crippen molar-refractivity contribution in [1.29, 1.82) is 0 Å². The molecule has 1 aromatic heterocycles. The second-order valence-electron chi connectivity index (χ2n) is 7.72. The number of para-hydroxylation sites is 1. The molecule has 1 fully saturated rings. The van der Waals surface area contributed by atoms with Crippen LogP contribution in [0.1, 0.15) is 21.7 Å². The monoisotopic (exact) mass is 404 g/mol. The molecule has 0 bridgehead atoms. The van der Waals surface area contributed by atoms with Crippen LogP contribution >= 0.6 is 0 Å². The Kier molecular flexibility index (Phi) is 6.14. The summed E-state index contributed by atoms with van der Waals surface area (Å²) < 4.78 is 7.87. The topological polar surface area (TPSA) is 50.6 Å².